The predicted octanol–water partition coefficient (Wildman–Crippen LogP) is 1.75. The van der Waals surface area contributed by atoms with E-state index in [1.54, 1.807) is 11.3 Å². The highest BCUT2D eigenvalue weighted by molar-refractivity contribution is 7.10. The van der Waals surface area contributed by atoms with E-state index in [1.807, 2.05) is 6.07 Å². The molecule has 3 heterocycles. The SMILES string of the molecule is O=C1CNC(c2cccs2)N1C1CCOC1C1CC1. The maximum Gasteiger partial charge on any atom is 0.238 e. The number of amides is 1. The Morgan fingerprint density at radius 2 is 2.26 bits per heavy atom. The van der Waals surface area contributed by atoms with E-state index in [1.165, 1.54) is 17.7 Å². The molecule has 1 aromatic rings. The van der Waals surface area contributed by atoms with Crippen LogP contribution < -0.4 is 5.32 Å². The average molecular weight is 278 g/mol. The zero-order chi connectivity index (χ0) is 12.8. The van der Waals surface area contributed by atoms with Crippen LogP contribution in [0, 0.1) is 5.92 Å². The highest BCUT2D eigenvalue weighted by Crippen LogP contribution is 2.42. The Labute approximate surface area is 116 Å². The van der Waals surface area contributed by atoms with Gasteiger partial charge in [0.25, 0.3) is 0 Å². The summed E-state index contributed by atoms with van der Waals surface area (Å²) in [6, 6.07) is 4.42. The summed E-state index contributed by atoms with van der Waals surface area (Å²) in [5.41, 5.74) is 0. The third-order valence-corrected chi connectivity index (χ3v) is 5.30. The van der Waals surface area contributed by atoms with Crippen LogP contribution in [-0.2, 0) is 9.53 Å². The van der Waals surface area contributed by atoms with Crippen molar-refractivity contribution in [1.29, 1.82) is 0 Å². The third-order valence-electron chi connectivity index (χ3n) is 4.37. The molecule has 3 unspecified atom stereocenters. The Kier molecular flexibility index (Phi) is 2.86. The summed E-state index contributed by atoms with van der Waals surface area (Å²) in [5.74, 6) is 0.907. The van der Waals surface area contributed by atoms with Crippen LogP contribution in [-0.4, -0.2) is 36.1 Å². The molecular formula is C14H18N2O2S. The lowest BCUT2D eigenvalue weighted by Crippen LogP contribution is -2.44. The number of carbonyl (C=O) groups is 1. The largest absolute Gasteiger partial charge is 0.376 e. The number of carbonyl (C=O) groups excluding carboxylic acids is 1. The number of ether oxygens (including phenoxy) is 1. The average Bonchev–Trinajstić information content (AvgIpc) is 2.85. The maximum absolute atomic E-state index is 12.3. The fraction of sp³-hybridized carbons (Fsp3) is 0.643. The minimum Gasteiger partial charge on any atom is -0.376 e. The molecule has 5 heteroatoms. The van der Waals surface area contributed by atoms with E-state index in [-0.39, 0.29) is 24.2 Å². The summed E-state index contributed by atoms with van der Waals surface area (Å²) in [4.78, 5) is 15.6. The van der Waals surface area contributed by atoms with Gasteiger partial charge in [-0.1, -0.05) is 6.07 Å². The van der Waals surface area contributed by atoms with Gasteiger partial charge in [-0.25, -0.2) is 0 Å². The van der Waals surface area contributed by atoms with Crippen LogP contribution >= 0.6 is 11.3 Å². The summed E-state index contributed by atoms with van der Waals surface area (Å²) < 4.78 is 5.90. The van der Waals surface area contributed by atoms with Crippen LogP contribution in [0.3, 0.4) is 0 Å². The molecule has 2 aliphatic heterocycles. The predicted molar refractivity (Wildman–Crippen MR) is 72.8 cm³/mol. The molecule has 19 heavy (non-hydrogen) atoms. The molecule has 0 spiro atoms. The van der Waals surface area contributed by atoms with Crippen molar-refractivity contribution in [3.8, 4) is 0 Å². The van der Waals surface area contributed by atoms with Crippen LogP contribution in [0.25, 0.3) is 0 Å². The van der Waals surface area contributed by atoms with Gasteiger partial charge in [-0.05, 0) is 36.6 Å². The summed E-state index contributed by atoms with van der Waals surface area (Å²) in [7, 11) is 0. The molecule has 4 nitrogen and oxygen atoms in total. The van der Waals surface area contributed by atoms with Crippen LogP contribution in [0.5, 0.6) is 0 Å². The van der Waals surface area contributed by atoms with Gasteiger partial charge in [0.05, 0.1) is 18.7 Å². The second-order valence-electron chi connectivity index (χ2n) is 5.63. The van der Waals surface area contributed by atoms with Crippen molar-refractivity contribution < 1.29 is 9.53 Å². The molecule has 0 bridgehead atoms. The van der Waals surface area contributed by atoms with Crippen molar-refractivity contribution in [2.75, 3.05) is 13.2 Å². The first kappa shape index (κ1) is 11.9. The minimum atomic E-state index is 0.0560. The van der Waals surface area contributed by atoms with E-state index in [4.69, 9.17) is 4.74 Å². The van der Waals surface area contributed by atoms with Crippen molar-refractivity contribution in [3.63, 3.8) is 0 Å². The molecule has 4 rings (SSSR count). The van der Waals surface area contributed by atoms with Crippen molar-refractivity contribution in [3.05, 3.63) is 22.4 Å². The Bertz CT molecular complexity index is 472. The molecule has 0 aromatic carbocycles. The van der Waals surface area contributed by atoms with Crippen LogP contribution in [0.4, 0.5) is 0 Å². The monoisotopic (exact) mass is 278 g/mol. The number of thiophene rings is 1. The lowest BCUT2D eigenvalue weighted by molar-refractivity contribution is -0.131. The van der Waals surface area contributed by atoms with E-state index in [0.717, 1.165) is 13.0 Å². The second-order valence-corrected chi connectivity index (χ2v) is 6.61. The number of rotatable bonds is 3. The van der Waals surface area contributed by atoms with Gasteiger partial charge in [0.15, 0.2) is 0 Å². The molecule has 0 radical (unpaired) electrons. The summed E-state index contributed by atoms with van der Waals surface area (Å²) in [6.45, 7) is 1.25. The highest BCUT2D eigenvalue weighted by atomic mass is 32.1. The first-order chi connectivity index (χ1) is 9.34. The summed E-state index contributed by atoms with van der Waals surface area (Å²) in [5, 5.41) is 5.42. The van der Waals surface area contributed by atoms with Crippen molar-refractivity contribution >= 4 is 17.2 Å². The van der Waals surface area contributed by atoms with E-state index < -0.39 is 0 Å². The standard InChI is InChI=1S/C14H18N2O2S/c17-12-8-15-14(11-2-1-7-19-11)16(12)10-5-6-18-13(10)9-3-4-9/h1-2,7,9-10,13-15H,3-6,8H2. The third kappa shape index (κ3) is 2.00. The normalized spacial score (nSPS) is 35.3. The second kappa shape index (κ2) is 4.58. The molecular weight excluding hydrogens is 260 g/mol. The van der Waals surface area contributed by atoms with Crippen molar-refractivity contribution in [2.24, 2.45) is 5.92 Å². The lowest BCUT2D eigenvalue weighted by atomic mass is 10.0. The van der Waals surface area contributed by atoms with E-state index in [0.29, 0.717) is 12.5 Å². The van der Waals surface area contributed by atoms with Gasteiger partial charge < -0.3 is 9.64 Å². The first-order valence-electron chi connectivity index (χ1n) is 7.04. The molecule has 3 fully saturated rings. The quantitative estimate of drug-likeness (QED) is 0.916. The molecule has 1 amide bonds. The van der Waals surface area contributed by atoms with Gasteiger partial charge in [0.1, 0.15) is 6.17 Å². The van der Waals surface area contributed by atoms with Gasteiger partial charge in [-0.15, -0.1) is 11.3 Å². The fourth-order valence-electron chi connectivity index (χ4n) is 3.35. The van der Waals surface area contributed by atoms with Gasteiger partial charge >= 0.3 is 0 Å². The molecule has 1 N–H and O–H groups in total. The number of hydrogen-bond donors (Lipinski definition) is 1. The molecule has 1 saturated carbocycles. The Morgan fingerprint density at radius 1 is 1.37 bits per heavy atom. The topological polar surface area (TPSA) is 41.6 Å². The number of hydrogen-bond acceptors (Lipinski definition) is 4. The molecule has 1 aromatic heterocycles. The summed E-state index contributed by atoms with van der Waals surface area (Å²) in [6.07, 6.45) is 3.84. The van der Waals surface area contributed by atoms with E-state index in [2.05, 4.69) is 21.7 Å². The van der Waals surface area contributed by atoms with Crippen molar-refractivity contribution in [2.45, 2.75) is 37.6 Å². The van der Waals surface area contributed by atoms with Crippen molar-refractivity contribution in [1.82, 2.24) is 10.2 Å². The fourth-order valence-corrected chi connectivity index (χ4v) is 4.15. The van der Waals surface area contributed by atoms with Gasteiger partial charge in [0.2, 0.25) is 5.91 Å². The Morgan fingerprint density at radius 3 is 3.00 bits per heavy atom. The number of nitrogens with zero attached hydrogens (tertiary/aromatic N) is 1. The Hall–Kier alpha value is -0.910. The van der Waals surface area contributed by atoms with Gasteiger partial charge in [-0.3, -0.25) is 10.1 Å². The molecule has 1 aliphatic carbocycles. The van der Waals surface area contributed by atoms with Gasteiger partial charge in [0, 0.05) is 11.5 Å². The first-order valence-corrected chi connectivity index (χ1v) is 7.92. The van der Waals surface area contributed by atoms with Crippen LogP contribution in [0.15, 0.2) is 17.5 Å². The Balaban J connectivity index is 1.61. The minimum absolute atomic E-state index is 0.0560. The summed E-state index contributed by atoms with van der Waals surface area (Å²) >= 11 is 1.71. The van der Waals surface area contributed by atoms with E-state index in [9.17, 15) is 4.79 Å². The zero-order valence-electron chi connectivity index (χ0n) is 10.7. The molecule has 102 valence electrons. The van der Waals surface area contributed by atoms with Gasteiger partial charge in [-0.2, -0.15) is 0 Å². The molecule has 3 atom stereocenters. The van der Waals surface area contributed by atoms with E-state index >= 15 is 0 Å². The van der Waals surface area contributed by atoms with Crippen LogP contribution in [0.2, 0.25) is 0 Å². The lowest BCUT2D eigenvalue weighted by Gasteiger charge is -2.32. The highest BCUT2D eigenvalue weighted by Gasteiger charge is 2.48. The molecule has 2 saturated heterocycles. The van der Waals surface area contributed by atoms with Crippen LogP contribution in [0.1, 0.15) is 30.3 Å². The maximum atomic E-state index is 12.3. The molecule has 3 aliphatic rings. The smallest absolute Gasteiger partial charge is 0.238 e. The number of nitrogens with one attached hydrogen (secondary N) is 1. The zero-order valence-corrected chi connectivity index (χ0v) is 11.6.